The van der Waals surface area contributed by atoms with E-state index < -0.39 is 0 Å². The van der Waals surface area contributed by atoms with Crippen molar-refractivity contribution in [3.05, 3.63) is 58.6 Å². The molecule has 7 heteroatoms. The van der Waals surface area contributed by atoms with Gasteiger partial charge in [-0.05, 0) is 43.2 Å². The normalized spacial score (nSPS) is 15.0. The second-order valence-electron chi connectivity index (χ2n) is 7.15. The molecule has 1 fully saturated rings. The van der Waals surface area contributed by atoms with Crippen LogP contribution < -0.4 is 4.90 Å². The van der Waals surface area contributed by atoms with Gasteiger partial charge in [0.2, 0.25) is 0 Å². The summed E-state index contributed by atoms with van der Waals surface area (Å²) in [5.41, 5.74) is 2.50. The van der Waals surface area contributed by atoms with Gasteiger partial charge in [-0.3, -0.25) is 14.6 Å². The maximum atomic E-state index is 13.3. The van der Waals surface area contributed by atoms with Crippen molar-refractivity contribution in [2.45, 2.75) is 13.3 Å². The minimum atomic E-state index is -0.0182. The molecule has 5 nitrogen and oxygen atoms in total. The van der Waals surface area contributed by atoms with Crippen LogP contribution in [0.15, 0.2) is 42.5 Å². The fourth-order valence-electron chi connectivity index (χ4n) is 3.50. The van der Waals surface area contributed by atoms with E-state index in [1.54, 1.807) is 0 Å². The first kappa shape index (κ1) is 20.3. The van der Waals surface area contributed by atoms with Crippen molar-refractivity contribution >= 4 is 44.2 Å². The molecule has 0 N–H and O–H groups in total. The SMILES string of the molecule is Cc1c(Cl)ccc2sc(N(CCCN3CCOCC3)C(=O)c3ccccc3)nc12. The van der Waals surface area contributed by atoms with E-state index in [1.807, 2.05) is 54.3 Å². The Hall–Kier alpha value is -1.99. The van der Waals surface area contributed by atoms with Crippen molar-refractivity contribution in [1.29, 1.82) is 0 Å². The monoisotopic (exact) mass is 429 g/mol. The largest absolute Gasteiger partial charge is 0.379 e. The van der Waals surface area contributed by atoms with E-state index in [4.69, 9.17) is 21.3 Å². The number of morpholine rings is 1. The Morgan fingerprint density at radius 2 is 1.97 bits per heavy atom. The number of ether oxygens (including phenoxy) is 1. The number of anilines is 1. The van der Waals surface area contributed by atoms with Gasteiger partial charge in [0.25, 0.3) is 5.91 Å². The smallest absolute Gasteiger partial charge is 0.260 e. The fraction of sp³-hybridized carbons (Fsp3) is 0.364. The molecule has 1 saturated heterocycles. The molecule has 152 valence electrons. The Morgan fingerprint density at radius 1 is 1.21 bits per heavy atom. The number of hydrogen-bond donors (Lipinski definition) is 0. The van der Waals surface area contributed by atoms with Crippen molar-refractivity contribution in [3.63, 3.8) is 0 Å². The van der Waals surface area contributed by atoms with Crippen LogP contribution >= 0.6 is 22.9 Å². The van der Waals surface area contributed by atoms with Crippen LogP contribution in [0.3, 0.4) is 0 Å². The molecule has 0 spiro atoms. The molecule has 3 aromatic rings. The van der Waals surface area contributed by atoms with Gasteiger partial charge >= 0.3 is 0 Å². The molecule has 4 rings (SSSR count). The Kier molecular flexibility index (Phi) is 6.45. The number of aryl methyl sites for hydroxylation is 1. The first-order valence-electron chi connectivity index (χ1n) is 9.86. The number of halogens is 1. The van der Waals surface area contributed by atoms with Crippen LogP contribution in [0, 0.1) is 6.92 Å². The molecule has 0 aliphatic carbocycles. The summed E-state index contributed by atoms with van der Waals surface area (Å²) in [4.78, 5) is 22.3. The Morgan fingerprint density at radius 3 is 2.72 bits per heavy atom. The molecule has 0 atom stereocenters. The van der Waals surface area contributed by atoms with Gasteiger partial charge in [0.1, 0.15) is 0 Å². The van der Waals surface area contributed by atoms with Crippen LogP contribution in [0.25, 0.3) is 10.2 Å². The van der Waals surface area contributed by atoms with Gasteiger partial charge in [-0.2, -0.15) is 0 Å². The van der Waals surface area contributed by atoms with Crippen LogP contribution in [0.4, 0.5) is 5.13 Å². The predicted octanol–water partition coefficient (Wildman–Crippen LogP) is 4.63. The fourth-order valence-corrected chi connectivity index (χ4v) is 4.70. The quantitative estimate of drug-likeness (QED) is 0.573. The lowest BCUT2D eigenvalue weighted by atomic mass is 10.2. The third-order valence-corrected chi connectivity index (χ3v) is 6.65. The number of carbonyl (C=O) groups is 1. The number of fused-ring (bicyclic) bond motifs is 1. The topological polar surface area (TPSA) is 45.7 Å². The zero-order valence-corrected chi connectivity index (χ0v) is 18.0. The number of benzene rings is 2. The van der Waals surface area contributed by atoms with Crippen molar-refractivity contribution < 1.29 is 9.53 Å². The van der Waals surface area contributed by atoms with Crippen LogP contribution in [0.2, 0.25) is 5.02 Å². The lowest BCUT2D eigenvalue weighted by molar-refractivity contribution is 0.0376. The number of aromatic nitrogens is 1. The summed E-state index contributed by atoms with van der Waals surface area (Å²) < 4.78 is 6.46. The number of hydrogen-bond acceptors (Lipinski definition) is 5. The first-order valence-corrected chi connectivity index (χ1v) is 11.1. The number of amides is 1. The molecule has 0 bridgehead atoms. The van der Waals surface area contributed by atoms with Crippen LogP contribution in [0.5, 0.6) is 0 Å². The number of rotatable bonds is 6. The van der Waals surface area contributed by atoms with Gasteiger partial charge in [-0.1, -0.05) is 41.1 Å². The number of thiazole rings is 1. The Bertz CT molecular complexity index is 986. The van der Waals surface area contributed by atoms with Gasteiger partial charge in [0.15, 0.2) is 5.13 Å². The molecular weight excluding hydrogens is 406 g/mol. The molecule has 2 aromatic carbocycles. The highest BCUT2D eigenvalue weighted by molar-refractivity contribution is 7.22. The summed E-state index contributed by atoms with van der Waals surface area (Å²) in [6.45, 7) is 7.00. The lowest BCUT2D eigenvalue weighted by Gasteiger charge is -2.27. The number of carbonyl (C=O) groups excluding carboxylic acids is 1. The molecule has 1 aliphatic rings. The van der Waals surface area contributed by atoms with Crippen LogP contribution in [-0.2, 0) is 4.74 Å². The molecular formula is C22H24ClN3O2S. The Balaban J connectivity index is 1.59. The van der Waals surface area contributed by atoms with E-state index in [0.29, 0.717) is 17.1 Å². The van der Waals surface area contributed by atoms with Crippen LogP contribution in [0.1, 0.15) is 22.3 Å². The van der Waals surface area contributed by atoms with Crippen molar-refractivity contribution in [2.24, 2.45) is 0 Å². The summed E-state index contributed by atoms with van der Waals surface area (Å²) >= 11 is 7.81. The summed E-state index contributed by atoms with van der Waals surface area (Å²) in [7, 11) is 0. The maximum Gasteiger partial charge on any atom is 0.260 e. The van der Waals surface area contributed by atoms with Gasteiger partial charge in [-0.25, -0.2) is 4.98 Å². The minimum Gasteiger partial charge on any atom is -0.379 e. The first-order chi connectivity index (χ1) is 14.1. The standard InChI is InChI=1S/C22H24ClN3O2S/c1-16-18(23)8-9-19-20(16)24-22(29-19)26(21(27)17-6-3-2-4-7-17)11-5-10-25-12-14-28-15-13-25/h2-4,6-9H,5,10-15H2,1H3. The highest BCUT2D eigenvalue weighted by Gasteiger charge is 2.22. The molecule has 0 radical (unpaired) electrons. The third-order valence-electron chi connectivity index (χ3n) is 5.19. The number of nitrogens with zero attached hydrogens (tertiary/aromatic N) is 3. The average Bonchev–Trinajstić information content (AvgIpc) is 3.19. The zero-order valence-electron chi connectivity index (χ0n) is 16.4. The molecule has 1 aliphatic heterocycles. The summed E-state index contributed by atoms with van der Waals surface area (Å²) in [5.74, 6) is -0.0182. The highest BCUT2D eigenvalue weighted by Crippen LogP contribution is 2.34. The average molecular weight is 430 g/mol. The van der Waals surface area contributed by atoms with E-state index in [2.05, 4.69) is 4.90 Å². The van der Waals surface area contributed by atoms with E-state index >= 15 is 0 Å². The summed E-state index contributed by atoms with van der Waals surface area (Å²) in [5, 5.41) is 1.42. The van der Waals surface area contributed by atoms with Crippen molar-refractivity contribution in [3.8, 4) is 0 Å². The Labute approximate surface area is 179 Å². The van der Waals surface area contributed by atoms with Crippen molar-refractivity contribution in [2.75, 3.05) is 44.3 Å². The van der Waals surface area contributed by atoms with E-state index in [1.165, 1.54) is 11.3 Å². The van der Waals surface area contributed by atoms with Gasteiger partial charge in [0, 0.05) is 36.8 Å². The minimum absolute atomic E-state index is 0.0182. The van der Waals surface area contributed by atoms with Gasteiger partial charge < -0.3 is 4.74 Å². The van der Waals surface area contributed by atoms with E-state index in [-0.39, 0.29) is 5.91 Å². The molecule has 2 heterocycles. The maximum absolute atomic E-state index is 13.3. The third kappa shape index (κ3) is 4.61. The molecule has 0 saturated carbocycles. The highest BCUT2D eigenvalue weighted by atomic mass is 35.5. The predicted molar refractivity (Wildman–Crippen MR) is 119 cm³/mol. The lowest BCUT2D eigenvalue weighted by Crippen LogP contribution is -2.39. The zero-order chi connectivity index (χ0) is 20.2. The van der Waals surface area contributed by atoms with E-state index in [0.717, 1.165) is 60.2 Å². The van der Waals surface area contributed by atoms with Crippen LogP contribution in [-0.4, -0.2) is 55.2 Å². The molecule has 1 aromatic heterocycles. The van der Waals surface area contributed by atoms with Gasteiger partial charge in [-0.15, -0.1) is 0 Å². The second-order valence-corrected chi connectivity index (χ2v) is 8.56. The molecule has 1 amide bonds. The summed E-state index contributed by atoms with van der Waals surface area (Å²) in [6.07, 6.45) is 0.883. The van der Waals surface area contributed by atoms with E-state index in [9.17, 15) is 4.79 Å². The molecule has 0 unspecified atom stereocenters. The van der Waals surface area contributed by atoms with Gasteiger partial charge in [0.05, 0.1) is 23.4 Å². The van der Waals surface area contributed by atoms with Crippen molar-refractivity contribution in [1.82, 2.24) is 9.88 Å². The second kappa shape index (κ2) is 9.22. The molecule has 29 heavy (non-hydrogen) atoms. The summed E-state index contributed by atoms with van der Waals surface area (Å²) in [6, 6.07) is 13.3.